The van der Waals surface area contributed by atoms with Crippen LogP contribution in [0.3, 0.4) is 0 Å². The molecule has 0 saturated carbocycles. The molecular weight excluding hydrogens is 136 g/mol. The Hall–Kier alpha value is -0.550. The minimum Gasteiger partial charge on any atom is -0.299 e. The molecule has 0 aromatic heterocycles. The van der Waals surface area contributed by atoms with Gasteiger partial charge in [0, 0.05) is 19.1 Å². The molecule has 62 valence electrons. The molecule has 2 heteroatoms. The normalized spacial score (nSPS) is 32.6. The van der Waals surface area contributed by atoms with Gasteiger partial charge in [-0.2, -0.15) is 5.26 Å². The van der Waals surface area contributed by atoms with Gasteiger partial charge in [0.1, 0.15) is 0 Å². The zero-order valence-electron chi connectivity index (χ0n) is 7.54. The predicted molar refractivity (Wildman–Crippen MR) is 45.0 cm³/mol. The van der Waals surface area contributed by atoms with Gasteiger partial charge in [0.25, 0.3) is 0 Å². The van der Waals surface area contributed by atoms with E-state index in [9.17, 15) is 0 Å². The van der Waals surface area contributed by atoms with Crippen molar-refractivity contribution in [3.8, 4) is 6.07 Å². The molecule has 0 aliphatic carbocycles. The van der Waals surface area contributed by atoms with Crippen LogP contribution in [0.15, 0.2) is 0 Å². The van der Waals surface area contributed by atoms with E-state index in [1.54, 1.807) is 0 Å². The highest BCUT2D eigenvalue weighted by atomic mass is 15.2. The molecule has 11 heavy (non-hydrogen) atoms. The molecule has 0 spiro atoms. The Labute approximate surface area is 68.8 Å². The van der Waals surface area contributed by atoms with Crippen LogP contribution in [-0.2, 0) is 0 Å². The summed E-state index contributed by atoms with van der Waals surface area (Å²) in [7, 11) is 0. The monoisotopic (exact) mass is 152 g/mol. The van der Waals surface area contributed by atoms with E-state index in [0.717, 1.165) is 13.1 Å². The van der Waals surface area contributed by atoms with Gasteiger partial charge in [-0.1, -0.05) is 6.92 Å². The highest BCUT2D eigenvalue weighted by Crippen LogP contribution is 2.23. The lowest BCUT2D eigenvalue weighted by Gasteiger charge is -2.19. The second kappa shape index (κ2) is 3.23. The highest BCUT2D eigenvalue weighted by molar-refractivity contribution is 4.95. The van der Waals surface area contributed by atoms with Gasteiger partial charge in [-0.15, -0.1) is 0 Å². The summed E-state index contributed by atoms with van der Waals surface area (Å²) in [5, 5.41) is 8.76. The van der Waals surface area contributed by atoms with Crippen LogP contribution in [0.25, 0.3) is 0 Å². The van der Waals surface area contributed by atoms with E-state index < -0.39 is 0 Å². The topological polar surface area (TPSA) is 27.0 Å². The van der Waals surface area contributed by atoms with Crippen LogP contribution in [0, 0.1) is 23.2 Å². The molecule has 1 fully saturated rings. The average Bonchev–Trinajstić information content (AvgIpc) is 2.31. The van der Waals surface area contributed by atoms with Crippen LogP contribution in [0.4, 0.5) is 0 Å². The summed E-state index contributed by atoms with van der Waals surface area (Å²) < 4.78 is 0. The first-order valence-corrected chi connectivity index (χ1v) is 4.28. The van der Waals surface area contributed by atoms with Gasteiger partial charge in [-0.25, -0.2) is 0 Å². The van der Waals surface area contributed by atoms with E-state index in [-0.39, 0.29) is 5.92 Å². The van der Waals surface area contributed by atoms with Crippen molar-refractivity contribution in [2.45, 2.75) is 26.8 Å². The van der Waals surface area contributed by atoms with Crippen LogP contribution in [0.1, 0.15) is 20.8 Å². The smallest absolute Gasteiger partial charge is 0.0672 e. The fraction of sp³-hybridized carbons (Fsp3) is 0.889. The summed E-state index contributed by atoms with van der Waals surface area (Å²) in [5.41, 5.74) is 0. The lowest BCUT2D eigenvalue weighted by atomic mass is 10.0. The second-order valence-corrected chi connectivity index (χ2v) is 3.76. The maximum atomic E-state index is 8.76. The van der Waals surface area contributed by atoms with Crippen molar-refractivity contribution >= 4 is 0 Å². The van der Waals surface area contributed by atoms with Crippen molar-refractivity contribution in [2.75, 3.05) is 13.1 Å². The first kappa shape index (κ1) is 8.55. The maximum Gasteiger partial charge on any atom is 0.0672 e. The summed E-state index contributed by atoms with van der Waals surface area (Å²) in [6.07, 6.45) is 0. The van der Waals surface area contributed by atoms with Gasteiger partial charge < -0.3 is 0 Å². The van der Waals surface area contributed by atoms with Crippen LogP contribution in [0.5, 0.6) is 0 Å². The molecule has 1 aliphatic rings. The zero-order chi connectivity index (χ0) is 8.43. The van der Waals surface area contributed by atoms with Crippen molar-refractivity contribution in [3.63, 3.8) is 0 Å². The lowest BCUT2D eigenvalue weighted by molar-refractivity contribution is 0.265. The van der Waals surface area contributed by atoms with Crippen LogP contribution in [0.2, 0.25) is 0 Å². The van der Waals surface area contributed by atoms with Gasteiger partial charge in [0.2, 0.25) is 0 Å². The first-order chi connectivity index (χ1) is 5.15. The minimum absolute atomic E-state index is 0.261. The number of nitriles is 1. The summed E-state index contributed by atoms with van der Waals surface area (Å²) in [6, 6.07) is 2.95. The Kier molecular flexibility index (Phi) is 2.51. The van der Waals surface area contributed by atoms with E-state index in [0.29, 0.717) is 12.0 Å². The Balaban J connectivity index is 2.51. The van der Waals surface area contributed by atoms with E-state index in [4.69, 9.17) is 5.26 Å². The van der Waals surface area contributed by atoms with E-state index in [2.05, 4.69) is 31.7 Å². The molecule has 1 aliphatic heterocycles. The standard InChI is InChI=1S/C9H16N2/c1-7(2)11-5-8(3)9(4-10)6-11/h7-9H,5-6H2,1-3H3. The van der Waals surface area contributed by atoms with Crippen molar-refractivity contribution in [2.24, 2.45) is 11.8 Å². The van der Waals surface area contributed by atoms with E-state index >= 15 is 0 Å². The summed E-state index contributed by atoms with van der Waals surface area (Å²) in [4.78, 5) is 2.37. The maximum absolute atomic E-state index is 8.76. The third-order valence-corrected chi connectivity index (χ3v) is 2.54. The molecule has 2 atom stereocenters. The summed E-state index contributed by atoms with van der Waals surface area (Å²) in [6.45, 7) is 8.60. The quantitative estimate of drug-likeness (QED) is 0.569. The van der Waals surface area contributed by atoms with E-state index in [1.165, 1.54) is 0 Å². The number of nitrogens with zero attached hydrogens (tertiary/aromatic N) is 2. The lowest BCUT2D eigenvalue weighted by Crippen LogP contribution is -2.28. The molecule has 2 unspecified atom stereocenters. The molecule has 1 heterocycles. The number of hydrogen-bond donors (Lipinski definition) is 0. The summed E-state index contributed by atoms with van der Waals surface area (Å²) >= 11 is 0. The van der Waals surface area contributed by atoms with Crippen molar-refractivity contribution in [1.29, 1.82) is 5.26 Å². The van der Waals surface area contributed by atoms with Crippen molar-refractivity contribution in [3.05, 3.63) is 0 Å². The molecule has 1 saturated heterocycles. The predicted octanol–water partition coefficient (Wildman–Crippen LogP) is 1.49. The minimum atomic E-state index is 0.261. The number of likely N-dealkylation sites (tertiary alicyclic amines) is 1. The van der Waals surface area contributed by atoms with Gasteiger partial charge in [0.15, 0.2) is 0 Å². The Bertz CT molecular complexity index is 169. The molecule has 0 bridgehead atoms. The average molecular weight is 152 g/mol. The van der Waals surface area contributed by atoms with Gasteiger partial charge in [-0.3, -0.25) is 4.90 Å². The van der Waals surface area contributed by atoms with Gasteiger partial charge in [0.05, 0.1) is 12.0 Å². The van der Waals surface area contributed by atoms with Gasteiger partial charge in [-0.05, 0) is 19.8 Å². The van der Waals surface area contributed by atoms with Crippen molar-refractivity contribution < 1.29 is 0 Å². The molecule has 1 rings (SSSR count). The van der Waals surface area contributed by atoms with Crippen LogP contribution >= 0.6 is 0 Å². The van der Waals surface area contributed by atoms with Crippen molar-refractivity contribution in [1.82, 2.24) is 4.90 Å². The molecule has 0 aromatic rings. The SMILES string of the molecule is CC1CN(C(C)C)CC1C#N. The fourth-order valence-electron chi connectivity index (χ4n) is 1.59. The third-order valence-electron chi connectivity index (χ3n) is 2.54. The molecule has 0 radical (unpaired) electrons. The number of rotatable bonds is 1. The molecule has 0 amide bonds. The van der Waals surface area contributed by atoms with Crippen LogP contribution < -0.4 is 0 Å². The third kappa shape index (κ3) is 1.72. The van der Waals surface area contributed by atoms with Gasteiger partial charge >= 0.3 is 0 Å². The Morgan fingerprint density at radius 1 is 1.45 bits per heavy atom. The van der Waals surface area contributed by atoms with Crippen LogP contribution in [-0.4, -0.2) is 24.0 Å². The summed E-state index contributed by atoms with van der Waals surface area (Å²) in [5.74, 6) is 0.819. The van der Waals surface area contributed by atoms with E-state index in [1.807, 2.05) is 0 Å². The Morgan fingerprint density at radius 2 is 2.09 bits per heavy atom. The molecule has 0 N–H and O–H groups in total. The zero-order valence-corrected chi connectivity index (χ0v) is 7.54. The fourth-order valence-corrected chi connectivity index (χ4v) is 1.59. The molecular formula is C9H16N2. The molecule has 0 aromatic carbocycles. The number of hydrogen-bond acceptors (Lipinski definition) is 2. The largest absolute Gasteiger partial charge is 0.299 e. The Morgan fingerprint density at radius 3 is 2.36 bits per heavy atom. The first-order valence-electron chi connectivity index (χ1n) is 4.28. The second-order valence-electron chi connectivity index (χ2n) is 3.76. The highest BCUT2D eigenvalue weighted by Gasteiger charge is 2.30. The molecule has 2 nitrogen and oxygen atoms in total.